The van der Waals surface area contributed by atoms with Crippen molar-refractivity contribution in [2.45, 2.75) is 13.5 Å². The summed E-state index contributed by atoms with van der Waals surface area (Å²) in [6, 6.07) is 9.97. The van der Waals surface area contributed by atoms with Crippen LogP contribution in [0.25, 0.3) is 6.08 Å². The number of carbonyl (C=O) groups excluding carboxylic acids is 1. The number of hydrogen-bond donors (Lipinski definition) is 0. The summed E-state index contributed by atoms with van der Waals surface area (Å²) in [6.45, 7) is 6.52. The van der Waals surface area contributed by atoms with Gasteiger partial charge in [-0.1, -0.05) is 72.0 Å². The van der Waals surface area contributed by atoms with Gasteiger partial charge in [0.15, 0.2) is 0 Å². The van der Waals surface area contributed by atoms with Gasteiger partial charge in [0, 0.05) is 12.1 Å². The SMILES string of the molecule is C=CCN1C(=O)/C(=C/c2c(C)nn(Cc3ccccc3)c2Cl)SC1=S. The predicted octanol–water partition coefficient (Wildman–Crippen LogP) is 4.28. The van der Waals surface area contributed by atoms with Gasteiger partial charge in [0.2, 0.25) is 0 Å². The number of aromatic nitrogens is 2. The summed E-state index contributed by atoms with van der Waals surface area (Å²) in [4.78, 5) is 14.5. The molecule has 0 aliphatic carbocycles. The molecule has 0 atom stereocenters. The quantitative estimate of drug-likeness (QED) is 0.434. The molecule has 1 aromatic carbocycles. The van der Waals surface area contributed by atoms with Crippen LogP contribution in [0.3, 0.4) is 0 Å². The second-order valence-electron chi connectivity index (χ2n) is 5.51. The van der Waals surface area contributed by atoms with E-state index in [4.69, 9.17) is 23.8 Å². The third kappa shape index (κ3) is 3.71. The number of rotatable bonds is 5. The molecule has 25 heavy (non-hydrogen) atoms. The van der Waals surface area contributed by atoms with Crippen molar-refractivity contribution in [1.29, 1.82) is 0 Å². The third-order valence-electron chi connectivity index (χ3n) is 3.75. The standard InChI is InChI=1S/C18H16ClN3OS2/c1-3-9-21-17(23)15(25-18(21)24)10-14-12(2)20-22(16(14)19)11-13-7-5-4-6-8-13/h3-8,10H,1,9,11H2,2H3/b15-10-. The van der Waals surface area contributed by atoms with E-state index in [0.29, 0.717) is 27.5 Å². The Morgan fingerprint density at radius 1 is 1.36 bits per heavy atom. The fourth-order valence-corrected chi connectivity index (χ4v) is 4.06. The number of amides is 1. The molecule has 0 spiro atoms. The highest BCUT2D eigenvalue weighted by atomic mass is 35.5. The first-order valence-corrected chi connectivity index (χ1v) is 9.24. The lowest BCUT2D eigenvalue weighted by Gasteiger charge is -2.10. The minimum Gasteiger partial charge on any atom is -0.289 e. The number of thiocarbonyl (C=S) groups is 1. The van der Waals surface area contributed by atoms with Crippen LogP contribution in [0.2, 0.25) is 5.15 Å². The molecule has 2 aromatic rings. The maximum absolute atomic E-state index is 12.5. The van der Waals surface area contributed by atoms with Gasteiger partial charge in [0.1, 0.15) is 9.47 Å². The molecule has 0 unspecified atom stereocenters. The van der Waals surface area contributed by atoms with Crippen LogP contribution >= 0.6 is 35.6 Å². The molecule has 1 aromatic heterocycles. The largest absolute Gasteiger partial charge is 0.289 e. The van der Waals surface area contributed by atoms with Gasteiger partial charge in [0.05, 0.1) is 17.1 Å². The molecule has 0 saturated carbocycles. The molecule has 0 N–H and O–H groups in total. The molecule has 128 valence electrons. The van der Waals surface area contributed by atoms with E-state index < -0.39 is 0 Å². The zero-order valence-electron chi connectivity index (χ0n) is 13.6. The van der Waals surface area contributed by atoms with Crippen molar-refractivity contribution < 1.29 is 4.79 Å². The van der Waals surface area contributed by atoms with Crippen LogP contribution in [-0.2, 0) is 11.3 Å². The van der Waals surface area contributed by atoms with E-state index in [1.54, 1.807) is 16.8 Å². The van der Waals surface area contributed by atoms with Crippen LogP contribution in [0.1, 0.15) is 16.8 Å². The van der Waals surface area contributed by atoms with E-state index in [2.05, 4.69) is 11.7 Å². The Morgan fingerprint density at radius 2 is 2.08 bits per heavy atom. The summed E-state index contributed by atoms with van der Waals surface area (Å²) in [5.74, 6) is -0.124. The molecular formula is C18H16ClN3OS2. The van der Waals surface area contributed by atoms with E-state index in [9.17, 15) is 4.79 Å². The number of benzene rings is 1. The average molecular weight is 390 g/mol. The first-order valence-electron chi connectivity index (χ1n) is 7.64. The number of carbonyl (C=O) groups is 1. The van der Waals surface area contributed by atoms with Gasteiger partial charge in [-0.05, 0) is 18.6 Å². The first-order chi connectivity index (χ1) is 12.0. The minimum atomic E-state index is -0.124. The Balaban J connectivity index is 1.90. The zero-order chi connectivity index (χ0) is 18.0. The number of halogens is 1. The molecule has 3 rings (SSSR count). The monoisotopic (exact) mass is 389 g/mol. The molecule has 2 heterocycles. The van der Waals surface area contributed by atoms with Gasteiger partial charge < -0.3 is 0 Å². The predicted molar refractivity (Wildman–Crippen MR) is 108 cm³/mol. The fraction of sp³-hybridized carbons (Fsp3) is 0.167. The summed E-state index contributed by atoms with van der Waals surface area (Å²) in [5, 5.41) is 5.01. The lowest BCUT2D eigenvalue weighted by Crippen LogP contribution is -2.27. The molecular weight excluding hydrogens is 374 g/mol. The minimum absolute atomic E-state index is 0.124. The number of thioether (sulfide) groups is 1. The maximum Gasteiger partial charge on any atom is 0.266 e. The van der Waals surface area contributed by atoms with Crippen LogP contribution in [0, 0.1) is 6.92 Å². The van der Waals surface area contributed by atoms with E-state index in [0.717, 1.165) is 16.8 Å². The smallest absolute Gasteiger partial charge is 0.266 e. The second-order valence-corrected chi connectivity index (χ2v) is 7.55. The van der Waals surface area contributed by atoms with Gasteiger partial charge in [-0.15, -0.1) is 6.58 Å². The Morgan fingerprint density at radius 3 is 2.76 bits per heavy atom. The fourth-order valence-electron chi connectivity index (χ4n) is 2.51. The number of aryl methyl sites for hydroxylation is 1. The van der Waals surface area contributed by atoms with Crippen molar-refractivity contribution in [2.75, 3.05) is 6.54 Å². The normalized spacial score (nSPS) is 16.1. The van der Waals surface area contributed by atoms with Crippen molar-refractivity contribution in [3.05, 3.63) is 69.9 Å². The van der Waals surface area contributed by atoms with Crippen molar-refractivity contribution in [3.63, 3.8) is 0 Å². The first kappa shape index (κ1) is 17.9. The van der Waals surface area contributed by atoms with E-state index in [1.165, 1.54) is 16.7 Å². The molecule has 1 saturated heterocycles. The van der Waals surface area contributed by atoms with Gasteiger partial charge in [-0.2, -0.15) is 5.10 Å². The third-order valence-corrected chi connectivity index (χ3v) is 5.52. The van der Waals surface area contributed by atoms with Crippen LogP contribution in [0.5, 0.6) is 0 Å². The zero-order valence-corrected chi connectivity index (χ0v) is 16.0. The lowest BCUT2D eigenvalue weighted by molar-refractivity contribution is -0.121. The lowest BCUT2D eigenvalue weighted by atomic mass is 10.2. The summed E-state index contributed by atoms with van der Waals surface area (Å²) >= 11 is 13.0. The highest BCUT2D eigenvalue weighted by Gasteiger charge is 2.31. The van der Waals surface area contributed by atoms with Gasteiger partial charge in [-0.25, -0.2) is 4.68 Å². The van der Waals surface area contributed by atoms with Crippen LogP contribution < -0.4 is 0 Å². The second kappa shape index (κ2) is 7.56. The highest BCUT2D eigenvalue weighted by Crippen LogP contribution is 2.34. The van der Waals surface area contributed by atoms with E-state index >= 15 is 0 Å². The number of hydrogen-bond acceptors (Lipinski definition) is 4. The highest BCUT2D eigenvalue weighted by molar-refractivity contribution is 8.26. The van der Waals surface area contributed by atoms with Gasteiger partial charge in [0.25, 0.3) is 5.91 Å². The van der Waals surface area contributed by atoms with E-state index in [-0.39, 0.29) is 5.91 Å². The molecule has 1 fully saturated rings. The van der Waals surface area contributed by atoms with Crippen molar-refractivity contribution in [1.82, 2.24) is 14.7 Å². The molecule has 1 amide bonds. The van der Waals surface area contributed by atoms with Gasteiger partial charge >= 0.3 is 0 Å². The summed E-state index contributed by atoms with van der Waals surface area (Å²) < 4.78 is 2.27. The van der Waals surface area contributed by atoms with Crippen molar-refractivity contribution in [2.24, 2.45) is 0 Å². The average Bonchev–Trinajstić information content (AvgIpc) is 3.01. The molecule has 1 aliphatic rings. The van der Waals surface area contributed by atoms with Gasteiger partial charge in [-0.3, -0.25) is 9.69 Å². The van der Waals surface area contributed by atoms with Crippen LogP contribution in [0.4, 0.5) is 0 Å². The number of nitrogens with zero attached hydrogens (tertiary/aromatic N) is 3. The topological polar surface area (TPSA) is 38.1 Å². The molecule has 4 nitrogen and oxygen atoms in total. The molecule has 7 heteroatoms. The summed E-state index contributed by atoms with van der Waals surface area (Å²) in [6.07, 6.45) is 3.43. The molecule has 1 aliphatic heterocycles. The van der Waals surface area contributed by atoms with Crippen LogP contribution in [0.15, 0.2) is 47.9 Å². The van der Waals surface area contributed by atoms with Crippen molar-refractivity contribution in [3.8, 4) is 0 Å². The molecule has 0 radical (unpaired) electrons. The Kier molecular flexibility index (Phi) is 5.42. The maximum atomic E-state index is 12.5. The van der Waals surface area contributed by atoms with Crippen molar-refractivity contribution >= 4 is 51.9 Å². The van der Waals surface area contributed by atoms with E-state index in [1.807, 2.05) is 37.3 Å². The summed E-state index contributed by atoms with van der Waals surface area (Å²) in [5.41, 5.74) is 2.63. The Bertz CT molecular complexity index is 874. The van der Waals surface area contributed by atoms with Crippen LogP contribution in [-0.4, -0.2) is 31.5 Å². The Labute approximate surface area is 161 Å². The summed E-state index contributed by atoms with van der Waals surface area (Å²) in [7, 11) is 0. The Hall–Kier alpha value is -1.89. The molecule has 0 bridgehead atoms.